The molecule has 4 heteroatoms. The number of rotatable bonds is 5. The highest BCUT2D eigenvalue weighted by atomic mass is 16.4. The summed E-state index contributed by atoms with van der Waals surface area (Å²) in [6.07, 6.45) is 6.62. The van der Waals surface area contributed by atoms with E-state index in [0.29, 0.717) is 18.3 Å². The van der Waals surface area contributed by atoms with Crippen molar-refractivity contribution in [3.8, 4) is 0 Å². The van der Waals surface area contributed by atoms with Gasteiger partial charge in [-0.05, 0) is 31.7 Å². The lowest BCUT2D eigenvalue weighted by molar-refractivity contribution is 0.0694. The third-order valence-corrected chi connectivity index (χ3v) is 3.67. The van der Waals surface area contributed by atoms with E-state index >= 15 is 0 Å². The molecule has 0 saturated heterocycles. The fourth-order valence-electron chi connectivity index (χ4n) is 2.55. The van der Waals surface area contributed by atoms with Crippen molar-refractivity contribution < 1.29 is 14.3 Å². The Bertz CT molecular complexity index is 380. The molecule has 0 bridgehead atoms. The van der Waals surface area contributed by atoms with Crippen LogP contribution in [0.1, 0.15) is 48.7 Å². The normalized spacial score (nSPS) is 18.4. The second-order valence-corrected chi connectivity index (χ2v) is 4.78. The Morgan fingerprint density at radius 2 is 2.29 bits per heavy atom. The number of carboxylic acid groups (broad SMARTS) is 1. The molecule has 0 unspecified atom stereocenters. The van der Waals surface area contributed by atoms with E-state index in [1.54, 1.807) is 0 Å². The van der Waals surface area contributed by atoms with Gasteiger partial charge in [-0.25, -0.2) is 4.79 Å². The van der Waals surface area contributed by atoms with Gasteiger partial charge >= 0.3 is 5.97 Å². The van der Waals surface area contributed by atoms with Crippen LogP contribution in [0.15, 0.2) is 16.7 Å². The van der Waals surface area contributed by atoms with Crippen LogP contribution in [-0.2, 0) is 6.54 Å². The lowest BCUT2D eigenvalue weighted by atomic mass is 10.00. The highest BCUT2D eigenvalue weighted by Gasteiger charge is 2.22. The smallest absolute Gasteiger partial charge is 0.339 e. The summed E-state index contributed by atoms with van der Waals surface area (Å²) in [4.78, 5) is 10.9. The van der Waals surface area contributed by atoms with Gasteiger partial charge in [0.2, 0.25) is 0 Å². The quantitative estimate of drug-likeness (QED) is 0.826. The Morgan fingerprint density at radius 1 is 1.59 bits per heavy atom. The van der Waals surface area contributed by atoms with Crippen molar-refractivity contribution >= 4 is 5.97 Å². The van der Waals surface area contributed by atoms with E-state index in [4.69, 9.17) is 9.52 Å². The number of aromatic carboxylic acids is 1. The summed E-state index contributed by atoms with van der Waals surface area (Å²) in [5, 5.41) is 12.3. The number of hydrogen-bond donors (Lipinski definition) is 2. The molecule has 0 aliphatic heterocycles. The van der Waals surface area contributed by atoms with Gasteiger partial charge in [0.05, 0.1) is 12.8 Å². The monoisotopic (exact) mass is 237 g/mol. The van der Waals surface area contributed by atoms with Crippen LogP contribution in [0, 0.1) is 5.92 Å². The molecule has 1 atom stereocenters. The third kappa shape index (κ3) is 2.88. The first kappa shape index (κ1) is 12.2. The van der Waals surface area contributed by atoms with Crippen LogP contribution in [0.2, 0.25) is 0 Å². The standard InChI is InChI=1S/C13H19NO3/c1-9(10-4-2-3-5-10)14-8-12-11(13(15)16)6-7-17-12/h6-7,9-10,14H,2-5,8H2,1H3,(H,15,16)/t9-/m0/s1. The van der Waals surface area contributed by atoms with E-state index in [2.05, 4.69) is 12.2 Å². The average Bonchev–Trinajstić information content (AvgIpc) is 2.96. The number of furan rings is 1. The second-order valence-electron chi connectivity index (χ2n) is 4.78. The van der Waals surface area contributed by atoms with Gasteiger partial charge < -0.3 is 14.8 Å². The van der Waals surface area contributed by atoms with Crippen LogP contribution in [0.25, 0.3) is 0 Å². The van der Waals surface area contributed by atoms with E-state index in [1.807, 2.05) is 0 Å². The Morgan fingerprint density at radius 3 is 2.94 bits per heavy atom. The van der Waals surface area contributed by atoms with Crippen molar-refractivity contribution in [2.24, 2.45) is 5.92 Å². The molecule has 0 aromatic carbocycles. The van der Waals surface area contributed by atoms with Gasteiger partial charge in [-0.2, -0.15) is 0 Å². The molecule has 1 aromatic rings. The van der Waals surface area contributed by atoms with E-state index < -0.39 is 5.97 Å². The van der Waals surface area contributed by atoms with Crippen LogP contribution in [-0.4, -0.2) is 17.1 Å². The summed E-state index contributed by atoms with van der Waals surface area (Å²) in [5.41, 5.74) is 0.260. The Labute approximate surface area is 101 Å². The zero-order valence-corrected chi connectivity index (χ0v) is 10.1. The summed E-state index contributed by atoms with van der Waals surface area (Å²) >= 11 is 0. The van der Waals surface area contributed by atoms with E-state index in [1.165, 1.54) is 38.0 Å². The molecule has 17 heavy (non-hydrogen) atoms. The molecule has 0 amide bonds. The molecular formula is C13H19NO3. The molecule has 0 spiro atoms. The lowest BCUT2D eigenvalue weighted by Crippen LogP contribution is -2.32. The molecule has 94 valence electrons. The summed E-state index contributed by atoms with van der Waals surface area (Å²) < 4.78 is 5.20. The fraction of sp³-hybridized carbons (Fsp3) is 0.615. The minimum atomic E-state index is -0.927. The number of hydrogen-bond acceptors (Lipinski definition) is 3. The van der Waals surface area contributed by atoms with Crippen molar-refractivity contribution in [3.05, 3.63) is 23.7 Å². The van der Waals surface area contributed by atoms with Crippen molar-refractivity contribution in [1.29, 1.82) is 0 Å². The number of carbonyl (C=O) groups is 1. The zero-order chi connectivity index (χ0) is 12.3. The van der Waals surface area contributed by atoms with Crippen LogP contribution in [0.5, 0.6) is 0 Å². The van der Waals surface area contributed by atoms with E-state index in [9.17, 15) is 4.79 Å². The van der Waals surface area contributed by atoms with Gasteiger partial charge in [0.15, 0.2) is 0 Å². The first-order valence-electron chi connectivity index (χ1n) is 6.21. The minimum absolute atomic E-state index is 0.260. The molecule has 1 saturated carbocycles. The van der Waals surface area contributed by atoms with Crippen molar-refractivity contribution in [1.82, 2.24) is 5.32 Å². The van der Waals surface area contributed by atoms with Crippen LogP contribution >= 0.6 is 0 Å². The molecule has 1 aliphatic rings. The molecule has 1 heterocycles. The van der Waals surface area contributed by atoms with Gasteiger partial charge in [-0.15, -0.1) is 0 Å². The molecule has 1 fully saturated rings. The zero-order valence-electron chi connectivity index (χ0n) is 10.1. The highest BCUT2D eigenvalue weighted by molar-refractivity contribution is 5.88. The Hall–Kier alpha value is -1.29. The summed E-state index contributed by atoms with van der Waals surface area (Å²) in [7, 11) is 0. The van der Waals surface area contributed by atoms with Crippen LogP contribution < -0.4 is 5.32 Å². The largest absolute Gasteiger partial charge is 0.478 e. The fourth-order valence-corrected chi connectivity index (χ4v) is 2.55. The summed E-state index contributed by atoms with van der Waals surface area (Å²) in [6, 6.07) is 1.92. The second kappa shape index (κ2) is 5.36. The summed E-state index contributed by atoms with van der Waals surface area (Å²) in [5.74, 6) is 0.310. The molecule has 4 nitrogen and oxygen atoms in total. The Balaban J connectivity index is 1.88. The van der Waals surface area contributed by atoms with Crippen LogP contribution in [0.3, 0.4) is 0 Å². The van der Waals surface area contributed by atoms with Crippen molar-refractivity contribution in [3.63, 3.8) is 0 Å². The maximum Gasteiger partial charge on any atom is 0.339 e. The average molecular weight is 237 g/mol. The molecule has 2 N–H and O–H groups in total. The number of nitrogens with one attached hydrogen (secondary N) is 1. The maximum absolute atomic E-state index is 10.9. The van der Waals surface area contributed by atoms with Gasteiger partial charge in [0.1, 0.15) is 11.3 Å². The lowest BCUT2D eigenvalue weighted by Gasteiger charge is -2.19. The summed E-state index contributed by atoms with van der Waals surface area (Å²) in [6.45, 7) is 2.66. The van der Waals surface area contributed by atoms with Gasteiger partial charge in [-0.3, -0.25) is 0 Å². The van der Waals surface area contributed by atoms with Crippen molar-refractivity contribution in [2.45, 2.75) is 45.2 Å². The first-order chi connectivity index (χ1) is 8.18. The van der Waals surface area contributed by atoms with Gasteiger partial charge in [0, 0.05) is 6.04 Å². The third-order valence-electron chi connectivity index (χ3n) is 3.67. The number of carboxylic acids is 1. The molecule has 0 radical (unpaired) electrons. The van der Waals surface area contributed by atoms with E-state index in [0.717, 1.165) is 5.92 Å². The molecule has 1 aromatic heterocycles. The predicted molar refractivity (Wildman–Crippen MR) is 63.9 cm³/mol. The SMILES string of the molecule is C[C@H](NCc1occc1C(=O)O)C1CCCC1. The van der Waals surface area contributed by atoms with Crippen LogP contribution in [0.4, 0.5) is 0 Å². The molecular weight excluding hydrogens is 218 g/mol. The Kier molecular flexibility index (Phi) is 3.84. The van der Waals surface area contributed by atoms with Crippen molar-refractivity contribution in [2.75, 3.05) is 0 Å². The minimum Gasteiger partial charge on any atom is -0.478 e. The van der Waals surface area contributed by atoms with E-state index in [-0.39, 0.29) is 5.56 Å². The predicted octanol–water partition coefficient (Wildman–Crippen LogP) is 2.65. The highest BCUT2D eigenvalue weighted by Crippen LogP contribution is 2.27. The topological polar surface area (TPSA) is 62.5 Å². The molecule has 1 aliphatic carbocycles. The maximum atomic E-state index is 10.9. The van der Waals surface area contributed by atoms with Gasteiger partial charge in [-0.1, -0.05) is 12.8 Å². The van der Waals surface area contributed by atoms with Gasteiger partial charge in [0.25, 0.3) is 0 Å². The first-order valence-corrected chi connectivity index (χ1v) is 6.21. The molecule has 2 rings (SSSR count).